The van der Waals surface area contributed by atoms with Crippen molar-refractivity contribution in [2.75, 3.05) is 23.8 Å². The van der Waals surface area contributed by atoms with Crippen molar-refractivity contribution in [1.29, 1.82) is 0 Å². The van der Waals surface area contributed by atoms with E-state index in [2.05, 4.69) is 0 Å². The summed E-state index contributed by atoms with van der Waals surface area (Å²) < 4.78 is 4.95. The Labute approximate surface area is 111 Å². The van der Waals surface area contributed by atoms with Gasteiger partial charge in [0.1, 0.15) is 0 Å². The van der Waals surface area contributed by atoms with Crippen LogP contribution >= 0.6 is 0 Å². The molecule has 0 saturated carbocycles. The molecule has 6 heteroatoms. The van der Waals surface area contributed by atoms with E-state index in [1.165, 1.54) is 4.90 Å². The van der Waals surface area contributed by atoms with E-state index in [1.807, 2.05) is 0 Å². The van der Waals surface area contributed by atoms with Crippen molar-refractivity contribution in [3.63, 3.8) is 0 Å². The van der Waals surface area contributed by atoms with Crippen LogP contribution < -0.4 is 16.4 Å². The van der Waals surface area contributed by atoms with Gasteiger partial charge in [-0.25, -0.2) is 9.59 Å². The van der Waals surface area contributed by atoms with E-state index in [1.54, 1.807) is 19.1 Å². The Morgan fingerprint density at radius 2 is 2.16 bits per heavy atom. The fraction of sp³-hybridized carbons (Fsp3) is 0.385. The molecule has 0 radical (unpaired) electrons. The molecule has 0 aromatic heterocycles. The summed E-state index contributed by atoms with van der Waals surface area (Å²) in [6.07, 6.45) is 1.49. The van der Waals surface area contributed by atoms with Crippen LogP contribution in [0.1, 0.15) is 29.3 Å². The molecule has 6 nitrogen and oxygen atoms in total. The number of urea groups is 1. The summed E-state index contributed by atoms with van der Waals surface area (Å²) in [4.78, 5) is 24.6. The van der Waals surface area contributed by atoms with Crippen LogP contribution in [0.5, 0.6) is 0 Å². The fourth-order valence-electron chi connectivity index (χ4n) is 2.32. The third-order valence-electron chi connectivity index (χ3n) is 3.19. The first kappa shape index (κ1) is 13.2. The summed E-state index contributed by atoms with van der Waals surface area (Å²) >= 11 is 0. The van der Waals surface area contributed by atoms with Gasteiger partial charge in [0.2, 0.25) is 0 Å². The first-order chi connectivity index (χ1) is 9.06. The largest absolute Gasteiger partial charge is 0.462 e. The first-order valence-electron chi connectivity index (χ1n) is 6.21. The van der Waals surface area contributed by atoms with Crippen molar-refractivity contribution in [3.8, 4) is 0 Å². The van der Waals surface area contributed by atoms with Gasteiger partial charge < -0.3 is 16.2 Å². The van der Waals surface area contributed by atoms with Gasteiger partial charge in [0, 0.05) is 6.54 Å². The van der Waals surface area contributed by atoms with Crippen LogP contribution in [0.4, 0.5) is 16.2 Å². The van der Waals surface area contributed by atoms with Crippen molar-refractivity contribution in [2.45, 2.75) is 19.8 Å². The second-order valence-electron chi connectivity index (χ2n) is 4.34. The number of nitrogens with two attached hydrogens (primary N) is 2. The number of hydrogen-bond acceptors (Lipinski definition) is 4. The smallest absolute Gasteiger partial charge is 0.340 e. The summed E-state index contributed by atoms with van der Waals surface area (Å²) in [7, 11) is 0. The number of hydrogen-bond donors (Lipinski definition) is 2. The van der Waals surface area contributed by atoms with E-state index >= 15 is 0 Å². The first-order valence-corrected chi connectivity index (χ1v) is 6.21. The number of carbonyl (C=O) groups is 2. The molecule has 1 heterocycles. The third-order valence-corrected chi connectivity index (χ3v) is 3.19. The van der Waals surface area contributed by atoms with Crippen molar-refractivity contribution in [1.82, 2.24) is 0 Å². The number of primary amides is 1. The van der Waals surface area contributed by atoms with Crippen LogP contribution in [0, 0.1) is 0 Å². The molecular formula is C13H17N3O3. The van der Waals surface area contributed by atoms with Gasteiger partial charge in [-0.1, -0.05) is 0 Å². The van der Waals surface area contributed by atoms with Gasteiger partial charge >= 0.3 is 12.0 Å². The lowest BCUT2D eigenvalue weighted by Gasteiger charge is -2.29. The molecule has 2 rings (SSSR count). The van der Waals surface area contributed by atoms with E-state index in [-0.39, 0.29) is 0 Å². The number of fused-ring (bicyclic) bond motifs is 1. The van der Waals surface area contributed by atoms with Gasteiger partial charge in [0.15, 0.2) is 0 Å². The molecule has 1 aromatic carbocycles. The zero-order valence-corrected chi connectivity index (χ0v) is 10.8. The van der Waals surface area contributed by atoms with Gasteiger partial charge in [-0.05, 0) is 37.5 Å². The zero-order chi connectivity index (χ0) is 14.0. The molecule has 0 saturated heterocycles. The highest BCUT2D eigenvalue weighted by atomic mass is 16.5. The SMILES string of the molecule is CCOC(=O)c1ccc2c(c1N)CCCN2C(N)=O. The molecule has 0 bridgehead atoms. The maximum absolute atomic E-state index is 11.8. The number of nitrogens with zero attached hydrogens (tertiary/aromatic N) is 1. The summed E-state index contributed by atoms with van der Waals surface area (Å²) in [6, 6.07) is 2.76. The van der Waals surface area contributed by atoms with Crippen LogP contribution in [-0.2, 0) is 11.2 Å². The molecule has 0 atom stereocenters. The van der Waals surface area contributed by atoms with E-state index in [4.69, 9.17) is 16.2 Å². The van der Waals surface area contributed by atoms with Gasteiger partial charge in [-0.3, -0.25) is 4.90 Å². The molecule has 2 amide bonds. The normalized spacial score (nSPS) is 13.8. The summed E-state index contributed by atoms with van der Waals surface area (Å²) in [5.41, 5.74) is 13.5. The summed E-state index contributed by atoms with van der Waals surface area (Å²) in [6.45, 7) is 2.60. The Morgan fingerprint density at radius 3 is 2.79 bits per heavy atom. The highest BCUT2D eigenvalue weighted by Crippen LogP contribution is 2.33. The molecule has 0 fully saturated rings. The number of benzene rings is 1. The monoisotopic (exact) mass is 263 g/mol. The predicted molar refractivity (Wildman–Crippen MR) is 72.1 cm³/mol. The molecule has 102 valence electrons. The topological polar surface area (TPSA) is 98.7 Å². The quantitative estimate of drug-likeness (QED) is 0.620. The molecule has 1 aliphatic rings. The summed E-state index contributed by atoms with van der Waals surface area (Å²) in [5.74, 6) is -0.445. The molecule has 0 unspecified atom stereocenters. The van der Waals surface area contributed by atoms with Crippen LogP contribution in [0.25, 0.3) is 0 Å². The minimum absolute atomic E-state index is 0.294. The maximum Gasteiger partial charge on any atom is 0.340 e. The Morgan fingerprint density at radius 1 is 1.42 bits per heavy atom. The average Bonchev–Trinajstić information content (AvgIpc) is 2.38. The Balaban J connectivity index is 2.45. The molecule has 4 N–H and O–H groups in total. The van der Waals surface area contributed by atoms with E-state index in [9.17, 15) is 9.59 Å². The average molecular weight is 263 g/mol. The van der Waals surface area contributed by atoms with Gasteiger partial charge in [-0.2, -0.15) is 0 Å². The third kappa shape index (κ3) is 2.33. The van der Waals surface area contributed by atoms with Crippen LogP contribution in [0.2, 0.25) is 0 Å². The van der Waals surface area contributed by atoms with Gasteiger partial charge in [-0.15, -0.1) is 0 Å². The molecule has 19 heavy (non-hydrogen) atoms. The molecule has 0 aliphatic carbocycles. The number of rotatable bonds is 2. The number of esters is 1. The molecule has 1 aromatic rings. The number of nitrogen functional groups attached to an aromatic ring is 1. The van der Waals surface area contributed by atoms with Crippen LogP contribution in [0.3, 0.4) is 0 Å². The van der Waals surface area contributed by atoms with Crippen molar-refractivity contribution in [2.24, 2.45) is 5.73 Å². The van der Waals surface area contributed by atoms with E-state index in [0.717, 1.165) is 18.4 Å². The minimum Gasteiger partial charge on any atom is -0.462 e. The van der Waals surface area contributed by atoms with Crippen molar-refractivity contribution >= 4 is 23.4 Å². The second kappa shape index (κ2) is 5.17. The highest BCUT2D eigenvalue weighted by Gasteiger charge is 2.25. The van der Waals surface area contributed by atoms with Crippen LogP contribution in [0.15, 0.2) is 12.1 Å². The second-order valence-corrected chi connectivity index (χ2v) is 4.34. The van der Waals surface area contributed by atoms with Gasteiger partial charge in [0.05, 0.1) is 23.5 Å². The van der Waals surface area contributed by atoms with Crippen molar-refractivity contribution < 1.29 is 14.3 Å². The molecular weight excluding hydrogens is 246 g/mol. The zero-order valence-electron chi connectivity index (χ0n) is 10.8. The minimum atomic E-state index is -0.510. The number of amides is 2. The standard InChI is InChI=1S/C13H17N3O3/c1-2-19-12(17)9-5-6-10-8(11(9)14)4-3-7-16(10)13(15)18/h5-6H,2-4,7,14H2,1H3,(H2,15,18). The van der Waals surface area contributed by atoms with Crippen LogP contribution in [-0.4, -0.2) is 25.2 Å². The maximum atomic E-state index is 11.8. The number of carbonyl (C=O) groups excluding carboxylic acids is 2. The number of ether oxygens (including phenoxy) is 1. The Bertz CT molecular complexity index is 528. The lowest BCUT2D eigenvalue weighted by atomic mass is 9.97. The summed E-state index contributed by atoms with van der Waals surface area (Å²) in [5, 5.41) is 0. The lowest BCUT2D eigenvalue weighted by molar-refractivity contribution is 0.0527. The molecule has 0 spiro atoms. The Kier molecular flexibility index (Phi) is 3.59. The van der Waals surface area contributed by atoms with E-state index in [0.29, 0.717) is 30.1 Å². The molecule has 1 aliphatic heterocycles. The number of anilines is 2. The Hall–Kier alpha value is -2.24. The van der Waals surface area contributed by atoms with Crippen molar-refractivity contribution in [3.05, 3.63) is 23.3 Å². The predicted octanol–water partition coefficient (Wildman–Crippen LogP) is 1.28. The lowest BCUT2D eigenvalue weighted by Crippen LogP contribution is -2.39. The van der Waals surface area contributed by atoms with E-state index < -0.39 is 12.0 Å². The highest BCUT2D eigenvalue weighted by molar-refractivity contribution is 6.00. The fourth-order valence-corrected chi connectivity index (χ4v) is 2.32. The van der Waals surface area contributed by atoms with Gasteiger partial charge in [0.25, 0.3) is 0 Å².